The molecule has 0 fully saturated rings. The normalized spacial score (nSPS) is 10.3. The van der Waals surface area contributed by atoms with Crippen LogP contribution in [0.2, 0.25) is 5.02 Å². The van der Waals surface area contributed by atoms with Crippen LogP contribution >= 0.6 is 11.6 Å². The van der Waals surface area contributed by atoms with Gasteiger partial charge in [-0.3, -0.25) is 4.79 Å². The van der Waals surface area contributed by atoms with Gasteiger partial charge in [-0.05, 0) is 48.9 Å². The van der Waals surface area contributed by atoms with E-state index in [0.717, 1.165) is 17.0 Å². The highest BCUT2D eigenvalue weighted by Gasteiger charge is 2.09. The molecule has 0 saturated heterocycles. The summed E-state index contributed by atoms with van der Waals surface area (Å²) in [5.41, 5.74) is 2.93. The number of aryl methyl sites for hydroxylation is 1. The molecule has 0 aliphatic carbocycles. The SMILES string of the molecule is COc1cccc(Nc2ccc(C(=O)Nc3cc(Cl)ccc3C)cn2)c1. The van der Waals surface area contributed by atoms with Gasteiger partial charge in [0.15, 0.2) is 0 Å². The first-order chi connectivity index (χ1) is 12.5. The van der Waals surface area contributed by atoms with Crippen LogP contribution in [0.4, 0.5) is 17.2 Å². The van der Waals surface area contributed by atoms with Crippen molar-refractivity contribution in [3.63, 3.8) is 0 Å². The third-order valence-electron chi connectivity index (χ3n) is 3.82. The lowest BCUT2D eigenvalue weighted by Gasteiger charge is -2.10. The van der Waals surface area contributed by atoms with Gasteiger partial charge >= 0.3 is 0 Å². The van der Waals surface area contributed by atoms with Crippen LogP contribution in [0.1, 0.15) is 15.9 Å². The maximum absolute atomic E-state index is 12.4. The highest BCUT2D eigenvalue weighted by Crippen LogP contribution is 2.22. The summed E-state index contributed by atoms with van der Waals surface area (Å²) in [6, 6.07) is 16.4. The molecule has 26 heavy (non-hydrogen) atoms. The number of methoxy groups -OCH3 is 1. The minimum absolute atomic E-state index is 0.240. The Labute approximate surface area is 157 Å². The molecule has 0 bridgehead atoms. The number of carbonyl (C=O) groups is 1. The van der Waals surface area contributed by atoms with Gasteiger partial charge in [0, 0.05) is 28.7 Å². The highest BCUT2D eigenvalue weighted by atomic mass is 35.5. The maximum Gasteiger partial charge on any atom is 0.257 e. The van der Waals surface area contributed by atoms with Crippen molar-refractivity contribution in [2.24, 2.45) is 0 Å². The quantitative estimate of drug-likeness (QED) is 0.662. The Morgan fingerprint density at radius 1 is 1.12 bits per heavy atom. The number of hydrogen-bond acceptors (Lipinski definition) is 4. The molecule has 0 radical (unpaired) electrons. The van der Waals surface area contributed by atoms with E-state index in [0.29, 0.717) is 22.1 Å². The fraction of sp³-hybridized carbons (Fsp3) is 0.100. The van der Waals surface area contributed by atoms with E-state index in [9.17, 15) is 4.79 Å². The molecule has 2 N–H and O–H groups in total. The molecule has 132 valence electrons. The Morgan fingerprint density at radius 3 is 2.69 bits per heavy atom. The van der Waals surface area contributed by atoms with Crippen LogP contribution in [0.5, 0.6) is 5.75 Å². The zero-order chi connectivity index (χ0) is 18.5. The van der Waals surface area contributed by atoms with Crippen molar-refractivity contribution in [3.8, 4) is 5.75 Å². The number of ether oxygens (including phenoxy) is 1. The van der Waals surface area contributed by atoms with E-state index < -0.39 is 0 Å². The Bertz CT molecular complexity index is 927. The predicted octanol–water partition coefficient (Wildman–Crippen LogP) is 5.05. The van der Waals surface area contributed by atoms with Crippen molar-refractivity contribution in [2.45, 2.75) is 6.92 Å². The summed E-state index contributed by atoms with van der Waals surface area (Å²) >= 11 is 5.98. The first kappa shape index (κ1) is 17.8. The van der Waals surface area contributed by atoms with Gasteiger partial charge in [0.1, 0.15) is 11.6 Å². The number of hydrogen-bond donors (Lipinski definition) is 2. The van der Waals surface area contributed by atoms with Gasteiger partial charge in [-0.1, -0.05) is 23.7 Å². The van der Waals surface area contributed by atoms with Crippen LogP contribution in [0.25, 0.3) is 0 Å². The molecule has 3 aromatic rings. The minimum Gasteiger partial charge on any atom is -0.497 e. The molecule has 0 spiro atoms. The fourth-order valence-corrected chi connectivity index (χ4v) is 2.55. The van der Waals surface area contributed by atoms with E-state index in [1.54, 1.807) is 31.4 Å². The highest BCUT2D eigenvalue weighted by molar-refractivity contribution is 6.31. The summed E-state index contributed by atoms with van der Waals surface area (Å²) < 4.78 is 5.19. The molecule has 3 rings (SSSR count). The molecule has 1 aromatic heterocycles. The Balaban J connectivity index is 1.70. The van der Waals surface area contributed by atoms with Crippen molar-refractivity contribution in [3.05, 3.63) is 76.9 Å². The number of anilines is 3. The maximum atomic E-state index is 12.4. The smallest absolute Gasteiger partial charge is 0.257 e. The largest absolute Gasteiger partial charge is 0.497 e. The molecule has 0 atom stereocenters. The lowest BCUT2D eigenvalue weighted by molar-refractivity contribution is 0.102. The monoisotopic (exact) mass is 367 g/mol. The number of nitrogens with zero attached hydrogens (tertiary/aromatic N) is 1. The van der Waals surface area contributed by atoms with Crippen molar-refractivity contribution < 1.29 is 9.53 Å². The Hall–Kier alpha value is -3.05. The fourth-order valence-electron chi connectivity index (χ4n) is 2.37. The second-order valence-corrected chi connectivity index (χ2v) is 6.14. The standard InChI is InChI=1S/C20H18ClN3O2/c1-13-6-8-15(21)10-18(13)24-20(25)14-7-9-19(22-12-14)23-16-4-3-5-17(11-16)26-2/h3-12H,1-2H3,(H,22,23)(H,24,25). The number of benzene rings is 2. The van der Waals surface area contributed by atoms with E-state index in [1.165, 1.54) is 6.20 Å². The molecule has 5 nitrogen and oxygen atoms in total. The van der Waals surface area contributed by atoms with Crippen LogP contribution in [0.3, 0.4) is 0 Å². The second kappa shape index (κ2) is 7.89. The summed E-state index contributed by atoms with van der Waals surface area (Å²) in [6.45, 7) is 1.91. The van der Waals surface area contributed by atoms with E-state index in [2.05, 4.69) is 15.6 Å². The number of amides is 1. The Kier molecular flexibility index (Phi) is 5.39. The van der Waals surface area contributed by atoms with Crippen molar-refractivity contribution >= 4 is 34.7 Å². The molecule has 1 heterocycles. The molecule has 2 aromatic carbocycles. The van der Waals surface area contributed by atoms with E-state index >= 15 is 0 Å². The minimum atomic E-state index is -0.240. The number of nitrogens with one attached hydrogen (secondary N) is 2. The first-order valence-corrected chi connectivity index (χ1v) is 8.37. The van der Waals surface area contributed by atoms with E-state index in [1.807, 2.05) is 37.3 Å². The lowest BCUT2D eigenvalue weighted by atomic mass is 10.2. The van der Waals surface area contributed by atoms with Crippen LogP contribution < -0.4 is 15.4 Å². The van der Waals surface area contributed by atoms with Gasteiger partial charge in [-0.15, -0.1) is 0 Å². The average molecular weight is 368 g/mol. The topological polar surface area (TPSA) is 63.2 Å². The van der Waals surface area contributed by atoms with Crippen LogP contribution in [0, 0.1) is 6.92 Å². The van der Waals surface area contributed by atoms with Gasteiger partial charge < -0.3 is 15.4 Å². The summed E-state index contributed by atoms with van der Waals surface area (Å²) in [5.74, 6) is 1.15. The van der Waals surface area contributed by atoms with Crippen molar-refractivity contribution in [1.29, 1.82) is 0 Å². The second-order valence-electron chi connectivity index (χ2n) is 5.70. The summed E-state index contributed by atoms with van der Waals surface area (Å²) in [7, 11) is 1.62. The van der Waals surface area contributed by atoms with Gasteiger partial charge in [0.25, 0.3) is 5.91 Å². The molecule has 0 unspecified atom stereocenters. The molecule has 0 aliphatic heterocycles. The van der Waals surface area contributed by atoms with Gasteiger partial charge in [-0.2, -0.15) is 0 Å². The van der Waals surface area contributed by atoms with Gasteiger partial charge in [0.2, 0.25) is 0 Å². The molecule has 6 heteroatoms. The Morgan fingerprint density at radius 2 is 1.96 bits per heavy atom. The van der Waals surface area contributed by atoms with Crippen molar-refractivity contribution in [2.75, 3.05) is 17.7 Å². The van der Waals surface area contributed by atoms with Crippen molar-refractivity contribution in [1.82, 2.24) is 4.98 Å². The van der Waals surface area contributed by atoms with Crippen LogP contribution in [-0.4, -0.2) is 18.0 Å². The average Bonchev–Trinajstić information content (AvgIpc) is 2.65. The number of rotatable bonds is 5. The molecular weight excluding hydrogens is 350 g/mol. The summed E-state index contributed by atoms with van der Waals surface area (Å²) in [6.07, 6.45) is 1.53. The molecular formula is C20H18ClN3O2. The number of aromatic nitrogens is 1. The van der Waals surface area contributed by atoms with Crippen LogP contribution in [-0.2, 0) is 0 Å². The molecule has 0 aliphatic rings. The predicted molar refractivity (Wildman–Crippen MR) is 105 cm³/mol. The molecule has 0 saturated carbocycles. The summed E-state index contributed by atoms with van der Waals surface area (Å²) in [5, 5.41) is 6.59. The van der Waals surface area contributed by atoms with E-state index in [4.69, 9.17) is 16.3 Å². The number of halogens is 1. The lowest BCUT2D eigenvalue weighted by Crippen LogP contribution is -2.13. The third-order valence-corrected chi connectivity index (χ3v) is 4.05. The molecule has 1 amide bonds. The van der Waals surface area contributed by atoms with Gasteiger partial charge in [-0.25, -0.2) is 4.98 Å². The number of carbonyl (C=O) groups excluding carboxylic acids is 1. The summed E-state index contributed by atoms with van der Waals surface area (Å²) in [4.78, 5) is 16.7. The zero-order valence-corrected chi connectivity index (χ0v) is 15.2. The van der Waals surface area contributed by atoms with Crippen LogP contribution in [0.15, 0.2) is 60.8 Å². The number of pyridine rings is 1. The zero-order valence-electron chi connectivity index (χ0n) is 14.4. The van der Waals surface area contributed by atoms with E-state index in [-0.39, 0.29) is 5.91 Å². The first-order valence-electron chi connectivity index (χ1n) is 8.00. The third kappa shape index (κ3) is 4.32. The van der Waals surface area contributed by atoms with Gasteiger partial charge in [0.05, 0.1) is 12.7 Å².